The minimum absolute atomic E-state index is 0.0599. The van der Waals surface area contributed by atoms with Crippen LogP contribution in [0.15, 0.2) is 36.9 Å². The molecule has 7 heteroatoms. The van der Waals surface area contributed by atoms with E-state index >= 15 is 0 Å². The molecule has 0 aliphatic rings. The Labute approximate surface area is 133 Å². The van der Waals surface area contributed by atoms with Crippen LogP contribution in [0, 0.1) is 5.82 Å². The molecule has 2 atom stereocenters. The van der Waals surface area contributed by atoms with Crippen LogP contribution in [0.25, 0.3) is 0 Å². The van der Waals surface area contributed by atoms with Gasteiger partial charge in [-0.2, -0.15) is 0 Å². The molecule has 0 radical (unpaired) electrons. The number of hydrogen-bond donors (Lipinski definition) is 3. The molecule has 0 aliphatic carbocycles. The molecule has 1 aromatic carbocycles. The van der Waals surface area contributed by atoms with Crippen molar-refractivity contribution in [1.82, 2.24) is 10.6 Å². The molecular formula is C16H19FN2O4. The second kappa shape index (κ2) is 8.67. The van der Waals surface area contributed by atoms with Gasteiger partial charge in [-0.15, -0.1) is 6.58 Å². The van der Waals surface area contributed by atoms with Gasteiger partial charge in [0.2, 0.25) is 11.8 Å². The Morgan fingerprint density at radius 3 is 2.30 bits per heavy atom. The van der Waals surface area contributed by atoms with Crippen LogP contribution >= 0.6 is 0 Å². The van der Waals surface area contributed by atoms with E-state index < -0.39 is 35.7 Å². The number of nitrogens with one attached hydrogen (secondary N) is 2. The van der Waals surface area contributed by atoms with Crippen LogP contribution in [-0.4, -0.2) is 35.0 Å². The van der Waals surface area contributed by atoms with Crippen LogP contribution in [0.2, 0.25) is 0 Å². The Morgan fingerprint density at radius 1 is 1.22 bits per heavy atom. The monoisotopic (exact) mass is 322 g/mol. The fraction of sp³-hybridized carbons (Fsp3) is 0.312. The summed E-state index contributed by atoms with van der Waals surface area (Å²) >= 11 is 0. The Kier molecular flexibility index (Phi) is 6.92. The van der Waals surface area contributed by atoms with Gasteiger partial charge in [-0.05, 0) is 24.1 Å². The smallest absolute Gasteiger partial charge is 0.326 e. The summed E-state index contributed by atoms with van der Waals surface area (Å²) in [6, 6.07) is 3.41. The van der Waals surface area contributed by atoms with Crippen molar-refractivity contribution >= 4 is 17.8 Å². The summed E-state index contributed by atoms with van der Waals surface area (Å²) in [4.78, 5) is 34.6. The van der Waals surface area contributed by atoms with Crippen LogP contribution in [0.4, 0.5) is 4.39 Å². The molecule has 0 heterocycles. The van der Waals surface area contributed by atoms with Gasteiger partial charge in [-0.25, -0.2) is 9.18 Å². The van der Waals surface area contributed by atoms with E-state index in [-0.39, 0.29) is 12.8 Å². The standard InChI is InChI=1S/C16H19FN2O4/c1-3-4-13(16(22)23)19-15(21)14(18-10(2)20)9-11-5-7-12(17)8-6-11/h3,5-8,13-14H,1,4,9H2,2H3,(H,18,20)(H,19,21)(H,22,23)/t13-,14+/m1/s1. The molecule has 0 saturated carbocycles. The lowest BCUT2D eigenvalue weighted by molar-refractivity contribution is -0.142. The molecule has 0 bridgehead atoms. The highest BCUT2D eigenvalue weighted by atomic mass is 19.1. The average molecular weight is 322 g/mol. The Morgan fingerprint density at radius 2 is 1.83 bits per heavy atom. The highest BCUT2D eigenvalue weighted by molar-refractivity contribution is 5.90. The van der Waals surface area contributed by atoms with Gasteiger partial charge in [-0.3, -0.25) is 9.59 Å². The molecule has 3 N–H and O–H groups in total. The van der Waals surface area contributed by atoms with Crippen LogP contribution < -0.4 is 10.6 Å². The van der Waals surface area contributed by atoms with E-state index in [2.05, 4.69) is 17.2 Å². The quantitative estimate of drug-likeness (QED) is 0.623. The van der Waals surface area contributed by atoms with E-state index in [0.717, 1.165) is 0 Å². The summed E-state index contributed by atoms with van der Waals surface area (Å²) in [5.74, 6) is -2.66. The summed E-state index contributed by atoms with van der Waals surface area (Å²) in [5, 5.41) is 13.9. The third-order valence-corrected chi connectivity index (χ3v) is 3.06. The first-order valence-electron chi connectivity index (χ1n) is 6.99. The van der Waals surface area contributed by atoms with Crippen LogP contribution in [0.3, 0.4) is 0 Å². The number of carbonyl (C=O) groups is 3. The lowest BCUT2D eigenvalue weighted by atomic mass is 10.0. The van der Waals surface area contributed by atoms with Crippen molar-refractivity contribution in [3.05, 3.63) is 48.3 Å². The van der Waals surface area contributed by atoms with E-state index in [1.54, 1.807) is 0 Å². The zero-order chi connectivity index (χ0) is 17.4. The first-order valence-corrected chi connectivity index (χ1v) is 6.99. The first kappa shape index (κ1) is 18.3. The van der Waals surface area contributed by atoms with Gasteiger partial charge >= 0.3 is 5.97 Å². The van der Waals surface area contributed by atoms with E-state index in [1.165, 1.54) is 37.3 Å². The summed E-state index contributed by atoms with van der Waals surface area (Å²) in [6.07, 6.45) is 1.56. The molecule has 0 aromatic heterocycles. The predicted molar refractivity (Wildman–Crippen MR) is 82.1 cm³/mol. The lowest BCUT2D eigenvalue weighted by Gasteiger charge is -2.20. The van der Waals surface area contributed by atoms with Crippen molar-refractivity contribution in [1.29, 1.82) is 0 Å². The lowest BCUT2D eigenvalue weighted by Crippen LogP contribution is -2.52. The van der Waals surface area contributed by atoms with Gasteiger partial charge in [-0.1, -0.05) is 18.2 Å². The molecule has 0 unspecified atom stereocenters. The number of carboxylic acids is 1. The Bertz CT molecular complexity index is 586. The fourth-order valence-electron chi connectivity index (χ4n) is 1.97. The molecule has 1 aromatic rings. The van der Waals surface area contributed by atoms with Crippen molar-refractivity contribution < 1.29 is 23.9 Å². The third kappa shape index (κ3) is 6.29. The van der Waals surface area contributed by atoms with Crippen LogP contribution in [0.5, 0.6) is 0 Å². The molecule has 6 nitrogen and oxygen atoms in total. The van der Waals surface area contributed by atoms with E-state index in [0.29, 0.717) is 5.56 Å². The van der Waals surface area contributed by atoms with Crippen molar-refractivity contribution in [2.45, 2.75) is 31.8 Å². The second-order valence-corrected chi connectivity index (χ2v) is 5.01. The molecular weight excluding hydrogens is 303 g/mol. The Balaban J connectivity index is 2.84. The summed E-state index contributed by atoms with van der Waals surface area (Å²) in [6.45, 7) is 4.69. The Hall–Kier alpha value is -2.70. The highest BCUT2D eigenvalue weighted by Gasteiger charge is 2.25. The van der Waals surface area contributed by atoms with Crippen LogP contribution in [-0.2, 0) is 20.8 Å². The van der Waals surface area contributed by atoms with Gasteiger partial charge in [0.05, 0.1) is 0 Å². The van der Waals surface area contributed by atoms with E-state index in [9.17, 15) is 18.8 Å². The molecule has 1 rings (SSSR count). The molecule has 0 spiro atoms. The number of carboxylic acid groups (broad SMARTS) is 1. The molecule has 2 amide bonds. The number of aliphatic carboxylic acids is 1. The largest absolute Gasteiger partial charge is 0.480 e. The predicted octanol–water partition coefficient (Wildman–Crippen LogP) is 1.02. The van der Waals surface area contributed by atoms with Gasteiger partial charge in [0, 0.05) is 13.3 Å². The number of amides is 2. The van der Waals surface area contributed by atoms with Gasteiger partial charge < -0.3 is 15.7 Å². The maximum Gasteiger partial charge on any atom is 0.326 e. The fourth-order valence-corrected chi connectivity index (χ4v) is 1.97. The normalized spacial score (nSPS) is 12.8. The third-order valence-electron chi connectivity index (χ3n) is 3.06. The van der Waals surface area contributed by atoms with E-state index in [1.807, 2.05) is 0 Å². The van der Waals surface area contributed by atoms with Gasteiger partial charge in [0.25, 0.3) is 0 Å². The van der Waals surface area contributed by atoms with Gasteiger partial charge in [0.1, 0.15) is 17.9 Å². The molecule has 23 heavy (non-hydrogen) atoms. The number of carbonyl (C=O) groups excluding carboxylic acids is 2. The van der Waals surface area contributed by atoms with Crippen molar-refractivity contribution in [2.24, 2.45) is 0 Å². The number of hydrogen-bond acceptors (Lipinski definition) is 3. The molecule has 0 saturated heterocycles. The topological polar surface area (TPSA) is 95.5 Å². The maximum absolute atomic E-state index is 12.9. The molecule has 0 fully saturated rings. The summed E-state index contributed by atoms with van der Waals surface area (Å²) < 4.78 is 12.9. The van der Waals surface area contributed by atoms with Crippen molar-refractivity contribution in [3.8, 4) is 0 Å². The SMILES string of the molecule is C=CC[C@@H](NC(=O)[C@H](Cc1ccc(F)cc1)NC(C)=O)C(=O)O. The summed E-state index contributed by atoms with van der Waals surface area (Å²) in [7, 11) is 0. The average Bonchev–Trinajstić information content (AvgIpc) is 2.47. The number of benzene rings is 1. The first-order chi connectivity index (χ1) is 10.8. The number of halogens is 1. The minimum atomic E-state index is -1.19. The minimum Gasteiger partial charge on any atom is -0.480 e. The highest BCUT2D eigenvalue weighted by Crippen LogP contribution is 2.07. The maximum atomic E-state index is 12.9. The zero-order valence-electron chi connectivity index (χ0n) is 12.7. The van der Waals surface area contributed by atoms with E-state index in [4.69, 9.17) is 5.11 Å². The molecule has 124 valence electrons. The van der Waals surface area contributed by atoms with Gasteiger partial charge in [0.15, 0.2) is 0 Å². The molecule has 0 aliphatic heterocycles. The second-order valence-electron chi connectivity index (χ2n) is 5.01. The van der Waals surface area contributed by atoms with Crippen LogP contribution in [0.1, 0.15) is 18.9 Å². The zero-order valence-corrected chi connectivity index (χ0v) is 12.7. The summed E-state index contributed by atoms with van der Waals surface area (Å²) in [5.41, 5.74) is 0.635. The van der Waals surface area contributed by atoms with Crippen molar-refractivity contribution in [2.75, 3.05) is 0 Å². The van der Waals surface area contributed by atoms with Crippen molar-refractivity contribution in [3.63, 3.8) is 0 Å². The number of rotatable bonds is 8.